The topological polar surface area (TPSA) is 86.7 Å². The van der Waals surface area contributed by atoms with Gasteiger partial charge in [-0.1, -0.05) is 114 Å². The van der Waals surface area contributed by atoms with E-state index in [0.29, 0.717) is 17.7 Å². The number of benzene rings is 2. The van der Waals surface area contributed by atoms with E-state index in [9.17, 15) is 18.1 Å². The molecule has 7 heteroatoms. The molecule has 2 aromatic rings. The summed E-state index contributed by atoms with van der Waals surface area (Å²) in [7, 11) is -4.60. The van der Waals surface area contributed by atoms with Gasteiger partial charge in [-0.15, -0.1) is 0 Å². The van der Waals surface area contributed by atoms with E-state index in [2.05, 4.69) is 6.92 Å². The molecule has 33 heavy (non-hydrogen) atoms. The minimum atomic E-state index is -4.60. The summed E-state index contributed by atoms with van der Waals surface area (Å²) in [6.45, 7) is 2.24. The Labute approximate surface area is 242 Å². The Morgan fingerprint density at radius 3 is 1.82 bits per heavy atom. The van der Waals surface area contributed by atoms with Gasteiger partial charge in [-0.25, -0.2) is 0 Å². The number of hydrogen-bond donors (Lipinski definition) is 1. The van der Waals surface area contributed by atoms with Crippen LogP contribution in [-0.2, 0) is 16.5 Å². The smallest absolute Gasteiger partial charge is 0.870 e. The molecule has 0 fully saturated rings. The summed E-state index contributed by atoms with van der Waals surface area (Å²) >= 11 is 0. The second-order valence-corrected chi connectivity index (χ2v) is 9.77. The predicted molar refractivity (Wildman–Crippen MR) is 127 cm³/mol. The normalized spacial score (nSPS) is 11.2. The molecule has 0 aromatic heterocycles. The number of aryl methyl sites for hydroxylation is 1. The number of unbranched alkanes of at least 4 members (excludes halogenated alkanes) is 11. The fourth-order valence-electron chi connectivity index (χ4n) is 3.92. The Morgan fingerprint density at radius 1 is 0.788 bits per heavy atom. The van der Waals surface area contributed by atoms with Crippen LogP contribution in [0.2, 0.25) is 0 Å². The molecule has 0 amide bonds. The van der Waals surface area contributed by atoms with E-state index in [1.54, 1.807) is 30.3 Å². The molecule has 0 aliphatic heterocycles. The SMILES string of the molecule is CCCCCCCCCCCCCCc1ccc([O-])c(Oc2ccccc2)c1S(=O)(=O)O.[K+]. The van der Waals surface area contributed by atoms with E-state index in [4.69, 9.17) is 4.74 Å². The Morgan fingerprint density at radius 2 is 1.30 bits per heavy atom. The van der Waals surface area contributed by atoms with Crippen molar-refractivity contribution in [2.24, 2.45) is 0 Å². The zero-order chi connectivity index (χ0) is 23.2. The fourth-order valence-corrected chi connectivity index (χ4v) is 4.80. The van der Waals surface area contributed by atoms with Crippen LogP contribution in [-0.4, -0.2) is 13.0 Å². The number of rotatable bonds is 16. The molecular formula is C26H37KO5S. The summed E-state index contributed by atoms with van der Waals surface area (Å²) < 4.78 is 39.5. The van der Waals surface area contributed by atoms with Crippen molar-refractivity contribution in [1.29, 1.82) is 0 Å². The van der Waals surface area contributed by atoms with Gasteiger partial charge in [0.15, 0.2) is 0 Å². The number of para-hydroxylation sites is 1. The van der Waals surface area contributed by atoms with E-state index < -0.39 is 20.8 Å². The summed E-state index contributed by atoms with van der Waals surface area (Å²) in [6, 6.07) is 11.3. The van der Waals surface area contributed by atoms with Gasteiger partial charge in [-0.2, -0.15) is 8.42 Å². The number of ether oxygens (including phenoxy) is 1. The zero-order valence-electron chi connectivity index (χ0n) is 20.2. The Bertz CT molecular complexity index is 900. The monoisotopic (exact) mass is 500 g/mol. The molecule has 2 rings (SSSR count). The molecular weight excluding hydrogens is 463 g/mol. The van der Waals surface area contributed by atoms with Gasteiger partial charge < -0.3 is 9.84 Å². The van der Waals surface area contributed by atoms with Crippen LogP contribution < -0.4 is 61.2 Å². The van der Waals surface area contributed by atoms with Gasteiger partial charge in [0.05, 0.1) is 0 Å². The zero-order valence-corrected chi connectivity index (χ0v) is 24.2. The molecule has 0 bridgehead atoms. The Balaban J connectivity index is 0.00000544. The second kappa shape index (κ2) is 17.1. The first-order valence-corrected chi connectivity index (χ1v) is 13.4. The third-order valence-electron chi connectivity index (χ3n) is 5.68. The van der Waals surface area contributed by atoms with Crippen molar-refractivity contribution >= 4 is 10.1 Å². The van der Waals surface area contributed by atoms with Crippen molar-refractivity contribution < 1.29 is 74.2 Å². The molecule has 0 heterocycles. The van der Waals surface area contributed by atoms with Crippen LogP contribution in [0.3, 0.4) is 0 Å². The molecule has 0 saturated carbocycles. The van der Waals surface area contributed by atoms with Gasteiger partial charge in [0.2, 0.25) is 0 Å². The molecule has 0 atom stereocenters. The third-order valence-corrected chi connectivity index (χ3v) is 6.64. The quantitative estimate of drug-likeness (QED) is 0.213. The molecule has 0 radical (unpaired) electrons. The van der Waals surface area contributed by atoms with Crippen LogP contribution in [0.1, 0.15) is 89.5 Å². The van der Waals surface area contributed by atoms with Crippen molar-refractivity contribution in [3.63, 3.8) is 0 Å². The van der Waals surface area contributed by atoms with Gasteiger partial charge in [0, 0.05) is 0 Å². The standard InChI is InChI=1S/C26H38O5S.K/c1-2-3-4-5-6-7-8-9-10-11-12-14-17-22-20-21-24(27)25(26(22)32(28,29)30)31-23-18-15-13-16-19-23;/h13,15-16,18-21,27H,2-12,14,17H2,1H3,(H,28,29,30);/q;+1/p-1. The first-order valence-electron chi connectivity index (χ1n) is 12.0. The number of hydrogen-bond acceptors (Lipinski definition) is 4. The van der Waals surface area contributed by atoms with Crippen LogP contribution in [0.15, 0.2) is 47.4 Å². The second-order valence-electron chi connectivity index (χ2n) is 8.41. The maximum Gasteiger partial charge on any atom is 1.00 e. The third kappa shape index (κ3) is 11.7. The van der Waals surface area contributed by atoms with Crippen molar-refractivity contribution in [2.45, 2.75) is 95.3 Å². The first-order chi connectivity index (χ1) is 15.4. The molecule has 0 aliphatic rings. The van der Waals surface area contributed by atoms with E-state index in [1.807, 2.05) is 0 Å². The van der Waals surface area contributed by atoms with E-state index in [1.165, 1.54) is 69.9 Å². The average molecular weight is 501 g/mol. The summed E-state index contributed by atoms with van der Waals surface area (Å²) in [6.07, 6.45) is 15.0. The van der Waals surface area contributed by atoms with Crippen molar-refractivity contribution in [3.8, 4) is 17.2 Å². The Hall–Kier alpha value is -0.414. The van der Waals surface area contributed by atoms with Crippen LogP contribution in [0.25, 0.3) is 0 Å². The molecule has 0 unspecified atom stereocenters. The Kier molecular flexibility index (Phi) is 15.9. The summed E-state index contributed by atoms with van der Waals surface area (Å²) in [5.41, 5.74) is 0.421. The minimum absolute atomic E-state index is 0. The fraction of sp³-hybridized carbons (Fsp3) is 0.538. The van der Waals surface area contributed by atoms with Crippen molar-refractivity contribution in [2.75, 3.05) is 0 Å². The summed E-state index contributed by atoms with van der Waals surface area (Å²) in [5.74, 6) is -0.563. The average Bonchev–Trinajstić information content (AvgIpc) is 2.76. The molecule has 1 N–H and O–H groups in total. The van der Waals surface area contributed by atoms with E-state index in [-0.39, 0.29) is 57.1 Å². The maximum absolute atomic E-state index is 12.3. The minimum Gasteiger partial charge on any atom is -0.870 e. The van der Waals surface area contributed by atoms with Crippen LogP contribution in [0.5, 0.6) is 17.2 Å². The predicted octanol–water partition coefficient (Wildman–Crippen LogP) is 4.05. The molecule has 2 aromatic carbocycles. The first kappa shape index (κ1) is 30.6. The van der Waals surface area contributed by atoms with Gasteiger partial charge in [0.25, 0.3) is 10.1 Å². The van der Waals surface area contributed by atoms with Crippen molar-refractivity contribution in [1.82, 2.24) is 0 Å². The van der Waals surface area contributed by atoms with Crippen molar-refractivity contribution in [3.05, 3.63) is 48.0 Å². The summed E-state index contributed by atoms with van der Waals surface area (Å²) in [5, 5.41) is 12.3. The van der Waals surface area contributed by atoms with E-state index >= 15 is 0 Å². The van der Waals surface area contributed by atoms with Gasteiger partial charge in [0.1, 0.15) is 16.4 Å². The molecule has 178 valence electrons. The van der Waals surface area contributed by atoms with E-state index in [0.717, 1.165) is 19.3 Å². The van der Waals surface area contributed by atoms with Crippen LogP contribution >= 0.6 is 0 Å². The molecule has 0 aliphatic carbocycles. The molecule has 0 spiro atoms. The van der Waals surface area contributed by atoms with Gasteiger partial charge in [-0.3, -0.25) is 4.55 Å². The largest absolute Gasteiger partial charge is 1.00 e. The van der Waals surface area contributed by atoms with Gasteiger partial charge >= 0.3 is 51.4 Å². The van der Waals surface area contributed by atoms with Crippen LogP contribution in [0, 0.1) is 0 Å². The molecule has 0 saturated heterocycles. The van der Waals surface area contributed by atoms with Gasteiger partial charge in [-0.05, 0) is 30.5 Å². The maximum atomic E-state index is 12.3. The van der Waals surface area contributed by atoms with Crippen LogP contribution in [0.4, 0.5) is 0 Å². The molecule has 5 nitrogen and oxygen atoms in total. The summed E-state index contributed by atoms with van der Waals surface area (Å²) in [4.78, 5) is -0.406.